The van der Waals surface area contributed by atoms with E-state index >= 15 is 0 Å². The van der Waals surface area contributed by atoms with Crippen LogP contribution in [0.2, 0.25) is 0 Å². The van der Waals surface area contributed by atoms with Gasteiger partial charge in [0.15, 0.2) is 0 Å². The van der Waals surface area contributed by atoms with Gasteiger partial charge in [-0.15, -0.1) is 0 Å². The third kappa shape index (κ3) is 6.47. The summed E-state index contributed by atoms with van der Waals surface area (Å²) in [6, 6.07) is -0.387. The highest BCUT2D eigenvalue weighted by Crippen LogP contribution is 2.04. The minimum absolute atomic E-state index is 0.0548. The number of nitrogens with one attached hydrogen (secondary N) is 1. The lowest BCUT2D eigenvalue weighted by Crippen LogP contribution is -2.44. The average Bonchev–Trinajstić information content (AvgIpc) is 2.26. The number of carbonyl (C=O) groups is 1. The molecule has 0 fully saturated rings. The molecule has 0 heterocycles. The van der Waals surface area contributed by atoms with Crippen LogP contribution >= 0.6 is 0 Å². The van der Waals surface area contributed by atoms with E-state index < -0.39 is 0 Å². The number of hydrogen-bond donors (Lipinski definition) is 2. The summed E-state index contributed by atoms with van der Waals surface area (Å²) in [6.45, 7) is 8.04. The number of hydrogen-bond acceptors (Lipinski definition) is 3. The molecule has 0 saturated carbocycles. The SMILES string of the molecule is CCOCCCNC(=O)[C@H](N)[C@@H](C)CC. The molecular weight excluding hydrogens is 192 g/mol. The molecule has 15 heavy (non-hydrogen) atoms. The normalized spacial score (nSPS) is 14.7. The predicted molar refractivity (Wildman–Crippen MR) is 61.6 cm³/mol. The molecular formula is C11H24N2O2. The first-order valence-corrected chi connectivity index (χ1v) is 5.74. The maximum Gasteiger partial charge on any atom is 0.237 e. The monoisotopic (exact) mass is 216 g/mol. The summed E-state index contributed by atoms with van der Waals surface area (Å²) in [4.78, 5) is 11.5. The van der Waals surface area contributed by atoms with Gasteiger partial charge in [0.2, 0.25) is 5.91 Å². The highest BCUT2D eigenvalue weighted by molar-refractivity contribution is 5.81. The lowest BCUT2D eigenvalue weighted by molar-refractivity contribution is -0.123. The van der Waals surface area contributed by atoms with Crippen molar-refractivity contribution < 1.29 is 9.53 Å². The van der Waals surface area contributed by atoms with Crippen molar-refractivity contribution in [3.63, 3.8) is 0 Å². The molecule has 0 rings (SSSR count). The van der Waals surface area contributed by atoms with Crippen molar-refractivity contribution in [2.75, 3.05) is 19.8 Å². The molecule has 0 aromatic rings. The molecule has 0 saturated heterocycles. The predicted octanol–water partition coefficient (Wildman–Crippen LogP) is 0.903. The van der Waals surface area contributed by atoms with Crippen LogP contribution in [-0.2, 0) is 9.53 Å². The van der Waals surface area contributed by atoms with Gasteiger partial charge in [0, 0.05) is 19.8 Å². The lowest BCUT2D eigenvalue weighted by Gasteiger charge is -2.17. The Balaban J connectivity index is 3.56. The van der Waals surface area contributed by atoms with E-state index in [1.165, 1.54) is 0 Å². The van der Waals surface area contributed by atoms with Crippen molar-refractivity contribution in [1.29, 1.82) is 0 Å². The smallest absolute Gasteiger partial charge is 0.237 e. The van der Waals surface area contributed by atoms with E-state index in [2.05, 4.69) is 5.32 Å². The molecule has 0 spiro atoms. The Kier molecular flexibility index (Phi) is 8.33. The molecule has 0 unspecified atom stereocenters. The number of ether oxygens (including phenoxy) is 1. The Morgan fingerprint density at radius 2 is 2.13 bits per heavy atom. The molecule has 0 radical (unpaired) electrons. The van der Waals surface area contributed by atoms with Gasteiger partial charge in [-0.2, -0.15) is 0 Å². The number of rotatable bonds is 8. The zero-order valence-corrected chi connectivity index (χ0v) is 10.1. The van der Waals surface area contributed by atoms with E-state index in [1.807, 2.05) is 20.8 Å². The minimum atomic E-state index is -0.387. The standard InChI is InChI=1S/C11H24N2O2/c1-4-9(3)10(12)11(14)13-7-6-8-15-5-2/h9-10H,4-8,12H2,1-3H3,(H,13,14)/t9-,10+/m0/s1. The first-order valence-electron chi connectivity index (χ1n) is 5.74. The third-order valence-electron chi connectivity index (χ3n) is 2.53. The molecule has 90 valence electrons. The van der Waals surface area contributed by atoms with Gasteiger partial charge in [0.05, 0.1) is 6.04 Å². The van der Waals surface area contributed by atoms with Crippen LogP contribution in [0.3, 0.4) is 0 Å². The van der Waals surface area contributed by atoms with Gasteiger partial charge in [-0.1, -0.05) is 20.3 Å². The van der Waals surface area contributed by atoms with Crippen molar-refractivity contribution in [2.24, 2.45) is 11.7 Å². The second-order valence-corrected chi connectivity index (χ2v) is 3.75. The van der Waals surface area contributed by atoms with Crippen molar-refractivity contribution in [3.8, 4) is 0 Å². The topological polar surface area (TPSA) is 64.3 Å². The fourth-order valence-corrected chi connectivity index (χ4v) is 1.16. The fraction of sp³-hybridized carbons (Fsp3) is 0.909. The molecule has 0 aromatic carbocycles. The van der Waals surface area contributed by atoms with Gasteiger partial charge in [-0.3, -0.25) is 4.79 Å². The number of amides is 1. The highest BCUT2D eigenvalue weighted by atomic mass is 16.5. The van der Waals surface area contributed by atoms with Crippen LogP contribution in [0.4, 0.5) is 0 Å². The zero-order chi connectivity index (χ0) is 11.7. The summed E-state index contributed by atoms with van der Waals surface area (Å²) in [6.07, 6.45) is 1.76. The molecule has 0 bridgehead atoms. The van der Waals surface area contributed by atoms with E-state index in [4.69, 9.17) is 10.5 Å². The Morgan fingerprint density at radius 1 is 1.47 bits per heavy atom. The molecule has 0 aliphatic carbocycles. The fourth-order valence-electron chi connectivity index (χ4n) is 1.16. The molecule has 2 atom stereocenters. The summed E-state index contributed by atoms with van der Waals surface area (Å²) < 4.78 is 5.16. The minimum Gasteiger partial charge on any atom is -0.382 e. The molecule has 1 amide bonds. The quantitative estimate of drug-likeness (QED) is 0.593. The Hall–Kier alpha value is -0.610. The van der Waals surface area contributed by atoms with Gasteiger partial charge in [0.1, 0.15) is 0 Å². The zero-order valence-electron chi connectivity index (χ0n) is 10.1. The van der Waals surface area contributed by atoms with Crippen LogP contribution in [0.5, 0.6) is 0 Å². The van der Waals surface area contributed by atoms with Crippen LogP contribution < -0.4 is 11.1 Å². The Morgan fingerprint density at radius 3 is 2.67 bits per heavy atom. The molecule has 0 aliphatic rings. The summed E-state index contributed by atoms with van der Waals surface area (Å²) in [5, 5.41) is 2.81. The van der Waals surface area contributed by atoms with Gasteiger partial charge in [-0.25, -0.2) is 0 Å². The van der Waals surface area contributed by atoms with Gasteiger partial charge in [0.25, 0.3) is 0 Å². The molecule has 0 aliphatic heterocycles. The van der Waals surface area contributed by atoms with Crippen LogP contribution in [0, 0.1) is 5.92 Å². The van der Waals surface area contributed by atoms with Crippen LogP contribution in [-0.4, -0.2) is 31.7 Å². The highest BCUT2D eigenvalue weighted by Gasteiger charge is 2.18. The molecule has 3 N–H and O–H groups in total. The first-order chi connectivity index (χ1) is 7.13. The summed E-state index contributed by atoms with van der Waals surface area (Å²) in [7, 11) is 0. The number of nitrogens with two attached hydrogens (primary N) is 1. The average molecular weight is 216 g/mol. The van der Waals surface area contributed by atoms with Crippen molar-refractivity contribution in [1.82, 2.24) is 5.32 Å². The molecule has 4 nitrogen and oxygen atoms in total. The van der Waals surface area contributed by atoms with Crippen molar-refractivity contribution in [2.45, 2.75) is 39.7 Å². The summed E-state index contributed by atoms with van der Waals surface area (Å²) >= 11 is 0. The van der Waals surface area contributed by atoms with Crippen LogP contribution in [0.1, 0.15) is 33.6 Å². The molecule has 0 aromatic heterocycles. The van der Waals surface area contributed by atoms with E-state index in [1.54, 1.807) is 0 Å². The van der Waals surface area contributed by atoms with E-state index in [0.29, 0.717) is 13.2 Å². The van der Waals surface area contributed by atoms with E-state index in [0.717, 1.165) is 19.4 Å². The second kappa shape index (κ2) is 8.68. The Bertz CT molecular complexity index is 174. The third-order valence-corrected chi connectivity index (χ3v) is 2.53. The van der Waals surface area contributed by atoms with Crippen molar-refractivity contribution in [3.05, 3.63) is 0 Å². The first kappa shape index (κ1) is 14.4. The molecule has 4 heteroatoms. The van der Waals surface area contributed by atoms with Gasteiger partial charge < -0.3 is 15.8 Å². The van der Waals surface area contributed by atoms with Gasteiger partial charge >= 0.3 is 0 Å². The van der Waals surface area contributed by atoms with E-state index in [9.17, 15) is 4.79 Å². The maximum atomic E-state index is 11.5. The summed E-state index contributed by atoms with van der Waals surface area (Å²) in [5.74, 6) is 0.178. The maximum absolute atomic E-state index is 11.5. The lowest BCUT2D eigenvalue weighted by atomic mass is 9.99. The Labute approximate surface area is 92.6 Å². The second-order valence-electron chi connectivity index (χ2n) is 3.75. The van der Waals surface area contributed by atoms with Gasteiger partial charge in [-0.05, 0) is 19.3 Å². The van der Waals surface area contributed by atoms with Crippen LogP contribution in [0.15, 0.2) is 0 Å². The number of carbonyl (C=O) groups excluding carboxylic acids is 1. The summed E-state index contributed by atoms with van der Waals surface area (Å²) in [5.41, 5.74) is 5.77. The van der Waals surface area contributed by atoms with Crippen molar-refractivity contribution >= 4 is 5.91 Å². The van der Waals surface area contributed by atoms with E-state index in [-0.39, 0.29) is 17.9 Å². The van der Waals surface area contributed by atoms with Crippen LogP contribution in [0.25, 0.3) is 0 Å². The largest absolute Gasteiger partial charge is 0.382 e.